The maximum Gasteiger partial charge on any atom is 0.266 e. The first-order chi connectivity index (χ1) is 11.0. The second kappa shape index (κ2) is 6.88. The van der Waals surface area contributed by atoms with Gasteiger partial charge in [-0.2, -0.15) is 18.4 Å². The molecule has 0 aliphatic carbocycles. The van der Waals surface area contributed by atoms with Crippen LogP contribution in [0.5, 0.6) is 0 Å². The first-order valence-electron chi connectivity index (χ1n) is 8.09. The average Bonchev–Trinajstić information content (AvgIpc) is 3.19. The Kier molecular flexibility index (Phi) is 4.86. The Morgan fingerprint density at radius 1 is 1.04 bits per heavy atom. The second-order valence-electron chi connectivity index (χ2n) is 6.01. The number of hydrogen-bond acceptors (Lipinski definition) is 7. The van der Waals surface area contributed by atoms with Gasteiger partial charge in [-0.05, 0) is 25.7 Å². The fourth-order valence-electron chi connectivity index (χ4n) is 2.99. The lowest BCUT2D eigenvalue weighted by molar-refractivity contribution is 0.484. The summed E-state index contributed by atoms with van der Waals surface area (Å²) in [6.45, 7) is 4.00. The third-order valence-electron chi connectivity index (χ3n) is 4.19. The number of aromatic nitrogens is 2. The van der Waals surface area contributed by atoms with E-state index in [0.29, 0.717) is 11.8 Å². The minimum Gasteiger partial charge on any atom is -0.369 e. The van der Waals surface area contributed by atoms with Crippen molar-refractivity contribution < 1.29 is 13.0 Å². The van der Waals surface area contributed by atoms with E-state index in [-0.39, 0.29) is 12.3 Å². The molecule has 0 radical (unpaired) electrons. The van der Waals surface area contributed by atoms with Gasteiger partial charge in [0.05, 0.1) is 5.75 Å². The fourth-order valence-corrected chi connectivity index (χ4v) is 3.35. The quantitative estimate of drug-likeness (QED) is 0.739. The van der Waals surface area contributed by atoms with Crippen LogP contribution in [0.2, 0.25) is 0 Å². The largest absolute Gasteiger partial charge is 0.369 e. The summed E-state index contributed by atoms with van der Waals surface area (Å²) in [6.07, 6.45) is 4.61. The highest BCUT2D eigenvalue weighted by molar-refractivity contribution is 7.85. The summed E-state index contributed by atoms with van der Waals surface area (Å²) in [5.74, 6) is 1.84. The molecule has 9 heteroatoms. The molecule has 1 aromatic rings. The van der Waals surface area contributed by atoms with Crippen molar-refractivity contribution in [3.8, 4) is 0 Å². The molecule has 2 fully saturated rings. The predicted molar refractivity (Wildman–Crippen MR) is 89.8 cm³/mol. The van der Waals surface area contributed by atoms with Crippen LogP contribution in [0.1, 0.15) is 25.7 Å². The van der Waals surface area contributed by atoms with Crippen LogP contribution in [-0.2, 0) is 10.1 Å². The molecule has 128 valence electrons. The van der Waals surface area contributed by atoms with E-state index in [1.54, 1.807) is 0 Å². The van der Waals surface area contributed by atoms with E-state index in [2.05, 4.69) is 25.1 Å². The molecule has 23 heavy (non-hydrogen) atoms. The van der Waals surface area contributed by atoms with Gasteiger partial charge in [-0.1, -0.05) is 0 Å². The Hall–Kier alpha value is -1.61. The van der Waals surface area contributed by atoms with Gasteiger partial charge in [-0.15, -0.1) is 0 Å². The zero-order chi connectivity index (χ0) is 16.3. The molecule has 3 heterocycles. The number of nitrogens with one attached hydrogen (secondary N) is 1. The van der Waals surface area contributed by atoms with E-state index in [4.69, 9.17) is 4.55 Å². The van der Waals surface area contributed by atoms with Crippen LogP contribution in [0, 0.1) is 0 Å². The molecule has 0 spiro atoms. The van der Waals surface area contributed by atoms with Crippen LogP contribution < -0.4 is 15.1 Å². The van der Waals surface area contributed by atoms with Gasteiger partial charge in [0.2, 0.25) is 5.95 Å². The molecule has 3 rings (SSSR count). The maximum absolute atomic E-state index is 10.8. The molecule has 2 saturated heterocycles. The topological polar surface area (TPSA) is 98.7 Å². The molecule has 0 aromatic carbocycles. The number of nitrogens with zero attached hydrogens (tertiary/aromatic N) is 4. The molecule has 2 aliphatic heterocycles. The van der Waals surface area contributed by atoms with Crippen molar-refractivity contribution in [3.05, 3.63) is 6.07 Å². The van der Waals surface area contributed by atoms with Gasteiger partial charge in [0, 0.05) is 38.8 Å². The molecule has 0 atom stereocenters. The van der Waals surface area contributed by atoms with E-state index in [9.17, 15) is 8.42 Å². The van der Waals surface area contributed by atoms with Crippen LogP contribution in [-0.4, -0.2) is 61.4 Å². The van der Waals surface area contributed by atoms with Crippen molar-refractivity contribution in [3.63, 3.8) is 0 Å². The predicted octanol–water partition coefficient (Wildman–Crippen LogP) is 0.977. The summed E-state index contributed by atoms with van der Waals surface area (Å²) < 4.78 is 30.5. The summed E-state index contributed by atoms with van der Waals surface area (Å²) in [6, 6.07) is 1.86. The van der Waals surface area contributed by atoms with Gasteiger partial charge in [0.25, 0.3) is 10.1 Å². The highest BCUT2D eigenvalue weighted by atomic mass is 32.2. The van der Waals surface area contributed by atoms with Gasteiger partial charge >= 0.3 is 0 Å². The van der Waals surface area contributed by atoms with Crippen LogP contribution in [0.4, 0.5) is 17.6 Å². The van der Waals surface area contributed by atoms with Gasteiger partial charge in [-0.3, -0.25) is 4.55 Å². The van der Waals surface area contributed by atoms with Crippen LogP contribution in [0.25, 0.3) is 0 Å². The number of hydrogen-bond donors (Lipinski definition) is 2. The highest BCUT2D eigenvalue weighted by Gasteiger charge is 2.20. The molecule has 1 aromatic heterocycles. The molecule has 0 amide bonds. The van der Waals surface area contributed by atoms with Crippen LogP contribution in [0.15, 0.2) is 6.07 Å². The molecular weight excluding hydrogens is 318 g/mol. The zero-order valence-corrected chi connectivity index (χ0v) is 13.9. The number of anilines is 3. The van der Waals surface area contributed by atoms with Gasteiger partial charge in [0.1, 0.15) is 11.6 Å². The summed E-state index contributed by atoms with van der Waals surface area (Å²) >= 11 is 0. The van der Waals surface area contributed by atoms with Crippen molar-refractivity contribution in [1.29, 1.82) is 0 Å². The monoisotopic (exact) mass is 341 g/mol. The van der Waals surface area contributed by atoms with Crippen molar-refractivity contribution in [2.75, 3.05) is 53.6 Å². The van der Waals surface area contributed by atoms with Crippen molar-refractivity contribution in [2.45, 2.75) is 25.7 Å². The third kappa shape index (κ3) is 4.44. The summed E-state index contributed by atoms with van der Waals surface area (Å²) in [4.78, 5) is 13.6. The minimum absolute atomic E-state index is 0.120. The van der Waals surface area contributed by atoms with E-state index < -0.39 is 10.1 Å². The second-order valence-corrected chi connectivity index (χ2v) is 7.58. The summed E-state index contributed by atoms with van der Waals surface area (Å²) in [5.41, 5.74) is 0. The van der Waals surface area contributed by atoms with Crippen LogP contribution in [0.3, 0.4) is 0 Å². The lowest BCUT2D eigenvalue weighted by Crippen LogP contribution is -2.25. The van der Waals surface area contributed by atoms with Gasteiger partial charge in [0.15, 0.2) is 0 Å². The SMILES string of the molecule is O=S(=O)(O)CCNc1cc(N2CCCC2)nc(N2CCCC2)n1. The standard InChI is InChI=1S/C14H23N5O3S/c20-23(21,22)10-5-15-12-11-13(18-6-1-2-7-18)17-14(16-12)19-8-3-4-9-19/h11H,1-10H2,(H,15,16,17)(H,20,21,22). The Balaban J connectivity index is 1.78. The molecule has 0 unspecified atom stereocenters. The molecule has 2 N–H and O–H groups in total. The molecular formula is C14H23N5O3S. The molecule has 0 saturated carbocycles. The average molecular weight is 341 g/mol. The third-order valence-corrected chi connectivity index (χ3v) is 4.91. The van der Waals surface area contributed by atoms with E-state index in [0.717, 1.165) is 57.7 Å². The lowest BCUT2D eigenvalue weighted by Gasteiger charge is -2.22. The number of rotatable bonds is 6. The fraction of sp³-hybridized carbons (Fsp3) is 0.714. The van der Waals surface area contributed by atoms with E-state index >= 15 is 0 Å². The smallest absolute Gasteiger partial charge is 0.266 e. The minimum atomic E-state index is -3.97. The molecule has 0 bridgehead atoms. The zero-order valence-electron chi connectivity index (χ0n) is 13.1. The first kappa shape index (κ1) is 16.3. The van der Waals surface area contributed by atoms with Gasteiger partial charge < -0.3 is 15.1 Å². The van der Waals surface area contributed by atoms with Crippen molar-refractivity contribution >= 4 is 27.7 Å². The Morgan fingerprint density at radius 2 is 1.65 bits per heavy atom. The summed E-state index contributed by atoms with van der Waals surface area (Å²) in [5, 5.41) is 2.99. The first-order valence-corrected chi connectivity index (χ1v) is 9.70. The Bertz CT molecular complexity index is 606. The van der Waals surface area contributed by atoms with Crippen LogP contribution >= 0.6 is 0 Å². The molecule has 8 nitrogen and oxygen atoms in total. The van der Waals surface area contributed by atoms with Crippen molar-refractivity contribution in [1.82, 2.24) is 9.97 Å². The maximum atomic E-state index is 10.8. The highest BCUT2D eigenvalue weighted by Crippen LogP contribution is 2.25. The summed E-state index contributed by atoms with van der Waals surface area (Å²) in [7, 11) is -3.97. The van der Waals surface area contributed by atoms with E-state index in [1.807, 2.05) is 6.07 Å². The van der Waals surface area contributed by atoms with E-state index in [1.165, 1.54) is 0 Å². The normalized spacial score (nSPS) is 18.7. The van der Waals surface area contributed by atoms with Crippen molar-refractivity contribution in [2.24, 2.45) is 0 Å². The Labute approximate surface area is 136 Å². The Morgan fingerprint density at radius 3 is 2.26 bits per heavy atom. The lowest BCUT2D eigenvalue weighted by atomic mass is 10.4. The van der Waals surface area contributed by atoms with Gasteiger partial charge in [-0.25, -0.2) is 0 Å². The molecule has 2 aliphatic rings.